The fraction of sp³-hybridized carbons (Fsp3) is 0.562. The Hall–Kier alpha value is -1.51. The highest BCUT2D eigenvalue weighted by molar-refractivity contribution is 5.67. The van der Waals surface area contributed by atoms with Gasteiger partial charge < -0.3 is 10.4 Å². The molecule has 106 valence electrons. The van der Waals surface area contributed by atoms with E-state index in [1.54, 1.807) is 0 Å². The van der Waals surface area contributed by atoms with Crippen LogP contribution < -0.4 is 5.32 Å². The van der Waals surface area contributed by atoms with Gasteiger partial charge in [-0.15, -0.1) is 0 Å². The summed E-state index contributed by atoms with van der Waals surface area (Å²) in [6.45, 7) is 8.98. The van der Waals surface area contributed by atoms with Gasteiger partial charge >= 0.3 is 5.97 Å². The number of hydrogen-bond acceptors (Lipinski definition) is 2. The Kier molecular flexibility index (Phi) is 5.40. The molecule has 2 N–H and O–H groups in total. The van der Waals surface area contributed by atoms with Crippen molar-refractivity contribution in [2.75, 3.05) is 11.9 Å². The first-order chi connectivity index (χ1) is 8.84. The molecule has 1 aromatic rings. The van der Waals surface area contributed by atoms with Gasteiger partial charge in [-0.2, -0.15) is 0 Å². The molecule has 1 rings (SSSR count). The molecule has 0 saturated heterocycles. The number of carbonyl (C=O) groups is 1. The Morgan fingerprint density at radius 3 is 2.37 bits per heavy atom. The van der Waals surface area contributed by atoms with Gasteiger partial charge in [0.1, 0.15) is 0 Å². The van der Waals surface area contributed by atoms with Crippen molar-refractivity contribution < 1.29 is 9.90 Å². The van der Waals surface area contributed by atoms with E-state index in [1.807, 2.05) is 13.8 Å². The summed E-state index contributed by atoms with van der Waals surface area (Å²) >= 11 is 0. The predicted octanol–water partition coefficient (Wildman–Crippen LogP) is 4.11. The van der Waals surface area contributed by atoms with Crippen LogP contribution in [0.15, 0.2) is 24.3 Å². The molecule has 0 aliphatic heterocycles. The lowest BCUT2D eigenvalue weighted by Gasteiger charge is -2.23. The SMILES string of the molecule is CCC(C)c1ccc(NCC(C)(C)CC(=O)O)cc1. The van der Waals surface area contributed by atoms with Crippen molar-refractivity contribution in [3.8, 4) is 0 Å². The van der Waals surface area contributed by atoms with Gasteiger partial charge in [0.2, 0.25) is 0 Å². The van der Waals surface area contributed by atoms with E-state index in [0.29, 0.717) is 12.5 Å². The van der Waals surface area contributed by atoms with Crippen molar-refractivity contribution in [2.24, 2.45) is 5.41 Å². The Morgan fingerprint density at radius 1 is 1.32 bits per heavy atom. The zero-order valence-corrected chi connectivity index (χ0v) is 12.4. The van der Waals surface area contributed by atoms with Gasteiger partial charge in [-0.1, -0.05) is 39.8 Å². The van der Waals surface area contributed by atoms with Crippen LogP contribution >= 0.6 is 0 Å². The van der Waals surface area contributed by atoms with Crippen molar-refractivity contribution in [3.05, 3.63) is 29.8 Å². The average Bonchev–Trinajstić information content (AvgIpc) is 2.34. The second-order valence-corrected chi connectivity index (χ2v) is 6.02. The van der Waals surface area contributed by atoms with Crippen molar-refractivity contribution in [3.63, 3.8) is 0 Å². The van der Waals surface area contributed by atoms with Gasteiger partial charge in [-0.3, -0.25) is 4.79 Å². The lowest BCUT2D eigenvalue weighted by Crippen LogP contribution is -2.26. The Bertz CT molecular complexity index is 409. The molecule has 1 atom stereocenters. The van der Waals surface area contributed by atoms with Crippen molar-refractivity contribution >= 4 is 11.7 Å². The molecular weight excluding hydrogens is 238 g/mol. The summed E-state index contributed by atoms with van der Waals surface area (Å²) in [5, 5.41) is 12.2. The normalized spacial score (nSPS) is 13.1. The molecular formula is C16H25NO2. The average molecular weight is 263 g/mol. The van der Waals surface area contributed by atoms with Gasteiger partial charge in [0.05, 0.1) is 6.42 Å². The molecule has 19 heavy (non-hydrogen) atoms. The summed E-state index contributed by atoms with van der Waals surface area (Å²) < 4.78 is 0. The van der Waals surface area contributed by atoms with Crippen LogP contribution in [0.2, 0.25) is 0 Å². The van der Waals surface area contributed by atoms with E-state index in [9.17, 15) is 4.79 Å². The first-order valence-electron chi connectivity index (χ1n) is 6.89. The third kappa shape index (κ3) is 5.33. The van der Waals surface area contributed by atoms with Gasteiger partial charge in [-0.25, -0.2) is 0 Å². The summed E-state index contributed by atoms with van der Waals surface area (Å²) in [6.07, 6.45) is 1.31. The molecule has 1 unspecified atom stereocenters. The summed E-state index contributed by atoms with van der Waals surface area (Å²) in [7, 11) is 0. The molecule has 3 nitrogen and oxygen atoms in total. The number of anilines is 1. The molecule has 0 aliphatic rings. The molecule has 0 amide bonds. The fourth-order valence-corrected chi connectivity index (χ4v) is 1.98. The van der Waals surface area contributed by atoms with Crippen LogP contribution in [0.25, 0.3) is 0 Å². The Labute approximate surface area is 116 Å². The minimum absolute atomic E-state index is 0.172. The van der Waals surface area contributed by atoms with Crippen molar-refractivity contribution in [2.45, 2.75) is 46.5 Å². The smallest absolute Gasteiger partial charge is 0.303 e. The van der Waals surface area contributed by atoms with Crippen molar-refractivity contribution in [1.29, 1.82) is 0 Å². The van der Waals surface area contributed by atoms with Crippen LogP contribution in [-0.4, -0.2) is 17.6 Å². The molecule has 0 aromatic heterocycles. The molecule has 0 saturated carbocycles. The van der Waals surface area contributed by atoms with E-state index >= 15 is 0 Å². The third-order valence-electron chi connectivity index (χ3n) is 3.49. The highest BCUT2D eigenvalue weighted by Crippen LogP contribution is 2.23. The highest BCUT2D eigenvalue weighted by atomic mass is 16.4. The summed E-state index contributed by atoms with van der Waals surface area (Å²) in [4.78, 5) is 10.8. The number of carboxylic acid groups (broad SMARTS) is 1. The van der Waals surface area contributed by atoms with Crippen LogP contribution in [0.3, 0.4) is 0 Å². The van der Waals surface area contributed by atoms with Gasteiger partial charge in [0.25, 0.3) is 0 Å². The maximum atomic E-state index is 10.8. The van der Waals surface area contributed by atoms with E-state index in [2.05, 4.69) is 43.4 Å². The molecule has 0 fully saturated rings. The predicted molar refractivity (Wildman–Crippen MR) is 79.7 cm³/mol. The zero-order chi connectivity index (χ0) is 14.5. The molecule has 0 aliphatic carbocycles. The summed E-state index contributed by atoms with van der Waals surface area (Å²) in [5.74, 6) is -0.170. The number of carboxylic acids is 1. The molecule has 0 spiro atoms. The maximum Gasteiger partial charge on any atom is 0.303 e. The standard InChI is InChI=1S/C16H25NO2/c1-5-12(2)13-6-8-14(9-7-13)17-11-16(3,4)10-15(18)19/h6-9,12,17H,5,10-11H2,1-4H3,(H,18,19). The number of benzene rings is 1. The second kappa shape index (κ2) is 6.60. The largest absolute Gasteiger partial charge is 0.481 e. The first-order valence-corrected chi connectivity index (χ1v) is 6.89. The Balaban J connectivity index is 2.56. The Morgan fingerprint density at radius 2 is 1.89 bits per heavy atom. The van der Waals surface area contributed by atoms with Crippen LogP contribution in [0.4, 0.5) is 5.69 Å². The van der Waals surface area contributed by atoms with Gasteiger partial charge in [-0.05, 0) is 35.4 Å². The quantitative estimate of drug-likeness (QED) is 0.778. The first kappa shape index (κ1) is 15.5. The maximum absolute atomic E-state index is 10.8. The number of aliphatic carboxylic acids is 1. The highest BCUT2D eigenvalue weighted by Gasteiger charge is 2.21. The summed E-state index contributed by atoms with van der Waals surface area (Å²) in [6, 6.07) is 8.41. The molecule has 1 aromatic carbocycles. The molecule has 0 heterocycles. The van der Waals surface area contributed by atoms with E-state index in [0.717, 1.165) is 12.1 Å². The lowest BCUT2D eigenvalue weighted by molar-refractivity contribution is -0.139. The lowest BCUT2D eigenvalue weighted by atomic mass is 9.89. The monoisotopic (exact) mass is 263 g/mol. The molecule has 3 heteroatoms. The number of hydrogen-bond donors (Lipinski definition) is 2. The topological polar surface area (TPSA) is 49.3 Å². The molecule has 0 radical (unpaired) electrons. The van der Waals surface area contributed by atoms with Crippen LogP contribution in [-0.2, 0) is 4.79 Å². The van der Waals surface area contributed by atoms with Crippen LogP contribution in [0.1, 0.15) is 52.0 Å². The minimum atomic E-state index is -0.751. The fourth-order valence-electron chi connectivity index (χ4n) is 1.98. The van der Waals surface area contributed by atoms with E-state index in [-0.39, 0.29) is 11.8 Å². The van der Waals surface area contributed by atoms with E-state index in [1.165, 1.54) is 5.56 Å². The van der Waals surface area contributed by atoms with Crippen LogP contribution in [0.5, 0.6) is 0 Å². The number of nitrogens with one attached hydrogen (secondary N) is 1. The van der Waals surface area contributed by atoms with Crippen LogP contribution in [0, 0.1) is 5.41 Å². The molecule has 0 bridgehead atoms. The third-order valence-corrected chi connectivity index (χ3v) is 3.49. The summed E-state index contributed by atoms with van der Waals surface area (Å²) in [5.41, 5.74) is 2.14. The zero-order valence-electron chi connectivity index (χ0n) is 12.4. The van der Waals surface area contributed by atoms with Gasteiger partial charge in [0, 0.05) is 12.2 Å². The van der Waals surface area contributed by atoms with E-state index < -0.39 is 5.97 Å². The van der Waals surface area contributed by atoms with Crippen molar-refractivity contribution in [1.82, 2.24) is 0 Å². The second-order valence-electron chi connectivity index (χ2n) is 6.02. The van der Waals surface area contributed by atoms with Gasteiger partial charge in [0.15, 0.2) is 0 Å². The minimum Gasteiger partial charge on any atom is -0.481 e. The van der Waals surface area contributed by atoms with E-state index in [4.69, 9.17) is 5.11 Å². The number of rotatable bonds is 7.